The number of aliphatic hydroxyl groups is 1. The Kier molecular flexibility index (Phi) is 4.80. The van der Waals surface area contributed by atoms with Gasteiger partial charge in [0.1, 0.15) is 6.10 Å². The summed E-state index contributed by atoms with van der Waals surface area (Å²) in [7, 11) is 1.22. The van der Waals surface area contributed by atoms with Gasteiger partial charge in [0.2, 0.25) is 0 Å². The lowest BCUT2D eigenvalue weighted by Gasteiger charge is -2.12. The molecule has 1 unspecified atom stereocenters. The number of hydrogen-bond donors (Lipinski definition) is 1. The summed E-state index contributed by atoms with van der Waals surface area (Å²) in [5.74, 6) is -0.669. The van der Waals surface area contributed by atoms with Crippen molar-refractivity contribution in [1.29, 1.82) is 0 Å². The number of benzene rings is 1. The second-order valence-electron chi connectivity index (χ2n) is 3.01. The van der Waals surface area contributed by atoms with Gasteiger partial charge in [-0.25, -0.2) is 4.79 Å². The molecule has 1 rings (SSSR count). The summed E-state index contributed by atoms with van der Waals surface area (Å²) in [5, 5.41) is 10.4. The number of carbonyl (C=O) groups excluding carboxylic acids is 1. The SMILES string of the molecule is COC(=O)/C(=C\Cl)C(O)c1ccc(Cl)cc1. The molecule has 1 aromatic rings. The number of hydrogen-bond acceptors (Lipinski definition) is 3. The van der Waals surface area contributed by atoms with Crippen molar-refractivity contribution in [2.24, 2.45) is 0 Å². The average Bonchev–Trinajstić information content (AvgIpc) is 2.30. The lowest BCUT2D eigenvalue weighted by molar-refractivity contribution is -0.137. The molecule has 0 aliphatic rings. The normalized spacial score (nSPS) is 13.4. The quantitative estimate of drug-likeness (QED) is 0.672. The summed E-state index contributed by atoms with van der Waals surface area (Å²) in [6.45, 7) is 0. The van der Waals surface area contributed by atoms with Crippen molar-refractivity contribution in [3.8, 4) is 0 Å². The average molecular weight is 261 g/mol. The molecule has 0 amide bonds. The van der Waals surface area contributed by atoms with Gasteiger partial charge in [-0.15, -0.1) is 0 Å². The first kappa shape index (κ1) is 13.0. The molecule has 86 valence electrons. The Balaban J connectivity index is 2.96. The number of halogens is 2. The summed E-state index contributed by atoms with van der Waals surface area (Å²) in [6, 6.07) is 6.44. The first-order chi connectivity index (χ1) is 7.60. The molecule has 0 radical (unpaired) electrons. The molecule has 0 aliphatic carbocycles. The molecule has 1 aromatic carbocycles. The Morgan fingerprint density at radius 2 is 2.00 bits per heavy atom. The molecule has 0 bridgehead atoms. The molecule has 3 nitrogen and oxygen atoms in total. The number of methoxy groups -OCH3 is 1. The summed E-state index contributed by atoms with van der Waals surface area (Å²) >= 11 is 11.2. The summed E-state index contributed by atoms with van der Waals surface area (Å²) < 4.78 is 4.49. The third kappa shape index (κ3) is 2.98. The molecule has 1 atom stereocenters. The van der Waals surface area contributed by atoms with Crippen LogP contribution in [0, 0.1) is 0 Å². The maximum atomic E-state index is 11.3. The monoisotopic (exact) mass is 260 g/mol. The van der Waals surface area contributed by atoms with Crippen molar-refractivity contribution in [1.82, 2.24) is 0 Å². The van der Waals surface area contributed by atoms with E-state index in [1.54, 1.807) is 24.3 Å². The third-order valence-corrected chi connectivity index (χ3v) is 2.51. The minimum atomic E-state index is -1.12. The van der Waals surface area contributed by atoms with E-state index in [0.29, 0.717) is 10.6 Å². The summed E-state index contributed by atoms with van der Waals surface area (Å²) in [6.07, 6.45) is -1.12. The van der Waals surface area contributed by atoms with E-state index in [1.807, 2.05) is 0 Å². The standard InChI is InChI=1S/C11H10Cl2O3/c1-16-11(15)9(6-12)10(14)7-2-4-8(13)5-3-7/h2-6,10,14H,1H3/b9-6-. The molecule has 1 N–H and O–H groups in total. The molecule has 0 heterocycles. The molecule has 16 heavy (non-hydrogen) atoms. The largest absolute Gasteiger partial charge is 0.466 e. The molecular weight excluding hydrogens is 251 g/mol. The number of aliphatic hydroxyl groups excluding tert-OH is 1. The van der Waals surface area contributed by atoms with E-state index >= 15 is 0 Å². The van der Waals surface area contributed by atoms with Crippen LogP contribution in [0.5, 0.6) is 0 Å². The van der Waals surface area contributed by atoms with Gasteiger partial charge in [0.05, 0.1) is 12.7 Å². The predicted octanol–water partition coefficient (Wildman–Crippen LogP) is 2.67. The van der Waals surface area contributed by atoms with Crippen LogP contribution in [-0.2, 0) is 9.53 Å². The lowest BCUT2D eigenvalue weighted by Crippen LogP contribution is -2.12. The zero-order valence-electron chi connectivity index (χ0n) is 8.48. The van der Waals surface area contributed by atoms with Gasteiger partial charge < -0.3 is 9.84 Å². The highest BCUT2D eigenvalue weighted by atomic mass is 35.5. The summed E-state index contributed by atoms with van der Waals surface area (Å²) in [5.41, 5.74) is 1.50. The summed E-state index contributed by atoms with van der Waals surface area (Å²) in [4.78, 5) is 11.3. The number of rotatable bonds is 3. The Bertz CT molecular complexity index is 398. The minimum absolute atomic E-state index is 0.0218. The van der Waals surface area contributed by atoms with E-state index in [2.05, 4.69) is 4.74 Å². The van der Waals surface area contributed by atoms with Gasteiger partial charge >= 0.3 is 5.97 Å². The highest BCUT2D eigenvalue weighted by Crippen LogP contribution is 2.24. The fourth-order valence-corrected chi connectivity index (χ4v) is 1.49. The zero-order chi connectivity index (χ0) is 12.1. The maximum Gasteiger partial charge on any atom is 0.337 e. The minimum Gasteiger partial charge on any atom is -0.466 e. The highest BCUT2D eigenvalue weighted by molar-refractivity contribution is 6.30. The fraction of sp³-hybridized carbons (Fsp3) is 0.182. The molecule has 0 spiro atoms. The maximum absolute atomic E-state index is 11.3. The van der Waals surface area contributed by atoms with Gasteiger partial charge in [0, 0.05) is 10.6 Å². The highest BCUT2D eigenvalue weighted by Gasteiger charge is 2.20. The molecule has 5 heteroatoms. The molecule has 0 aromatic heterocycles. The molecule has 0 aliphatic heterocycles. The van der Waals surface area contributed by atoms with Crippen LogP contribution in [0.1, 0.15) is 11.7 Å². The lowest BCUT2D eigenvalue weighted by atomic mass is 10.0. The molecule has 0 saturated heterocycles. The first-order valence-electron chi connectivity index (χ1n) is 4.42. The Morgan fingerprint density at radius 3 is 2.44 bits per heavy atom. The van der Waals surface area contributed by atoms with Crippen LogP contribution in [0.25, 0.3) is 0 Å². The smallest absolute Gasteiger partial charge is 0.337 e. The van der Waals surface area contributed by atoms with Crippen LogP contribution in [0.2, 0.25) is 5.02 Å². The van der Waals surface area contributed by atoms with Crippen molar-refractivity contribution >= 4 is 29.2 Å². The molecule has 0 saturated carbocycles. The van der Waals surface area contributed by atoms with Gasteiger partial charge in [0.25, 0.3) is 0 Å². The predicted molar refractivity (Wildman–Crippen MR) is 62.4 cm³/mol. The number of esters is 1. The van der Waals surface area contributed by atoms with Crippen LogP contribution in [0.15, 0.2) is 35.4 Å². The Labute approximate surface area is 103 Å². The van der Waals surface area contributed by atoms with E-state index in [4.69, 9.17) is 23.2 Å². The number of ether oxygens (including phenoxy) is 1. The third-order valence-electron chi connectivity index (χ3n) is 2.02. The Morgan fingerprint density at radius 1 is 1.44 bits per heavy atom. The molecular formula is C11H10Cl2O3. The topological polar surface area (TPSA) is 46.5 Å². The second-order valence-corrected chi connectivity index (χ2v) is 3.66. The van der Waals surface area contributed by atoms with Crippen LogP contribution in [0.4, 0.5) is 0 Å². The van der Waals surface area contributed by atoms with Gasteiger partial charge in [-0.05, 0) is 17.7 Å². The first-order valence-corrected chi connectivity index (χ1v) is 5.23. The van der Waals surface area contributed by atoms with Crippen LogP contribution in [0.3, 0.4) is 0 Å². The van der Waals surface area contributed by atoms with Gasteiger partial charge in [-0.1, -0.05) is 35.3 Å². The van der Waals surface area contributed by atoms with E-state index in [-0.39, 0.29) is 5.57 Å². The van der Waals surface area contributed by atoms with Gasteiger partial charge in [0.15, 0.2) is 0 Å². The van der Waals surface area contributed by atoms with Gasteiger partial charge in [-0.3, -0.25) is 0 Å². The van der Waals surface area contributed by atoms with E-state index < -0.39 is 12.1 Å². The van der Waals surface area contributed by atoms with Crippen molar-refractivity contribution in [3.05, 3.63) is 46.0 Å². The van der Waals surface area contributed by atoms with E-state index in [0.717, 1.165) is 5.54 Å². The van der Waals surface area contributed by atoms with E-state index in [9.17, 15) is 9.90 Å². The van der Waals surface area contributed by atoms with Crippen molar-refractivity contribution < 1.29 is 14.6 Å². The second kappa shape index (κ2) is 5.89. The number of carbonyl (C=O) groups is 1. The Hall–Kier alpha value is -1.03. The van der Waals surface area contributed by atoms with Crippen molar-refractivity contribution in [3.63, 3.8) is 0 Å². The zero-order valence-corrected chi connectivity index (χ0v) is 10.00. The van der Waals surface area contributed by atoms with E-state index in [1.165, 1.54) is 7.11 Å². The van der Waals surface area contributed by atoms with Crippen LogP contribution >= 0.6 is 23.2 Å². The van der Waals surface area contributed by atoms with Crippen LogP contribution < -0.4 is 0 Å². The van der Waals surface area contributed by atoms with Crippen molar-refractivity contribution in [2.75, 3.05) is 7.11 Å². The van der Waals surface area contributed by atoms with Crippen molar-refractivity contribution in [2.45, 2.75) is 6.10 Å². The fourth-order valence-electron chi connectivity index (χ4n) is 1.16. The van der Waals surface area contributed by atoms with Gasteiger partial charge in [-0.2, -0.15) is 0 Å². The van der Waals surface area contributed by atoms with Crippen LogP contribution in [-0.4, -0.2) is 18.2 Å². The molecule has 0 fully saturated rings.